The fourth-order valence-electron chi connectivity index (χ4n) is 3.44. The lowest BCUT2D eigenvalue weighted by Crippen LogP contribution is -2.21. The summed E-state index contributed by atoms with van der Waals surface area (Å²) in [4.78, 5) is 4.58. The predicted molar refractivity (Wildman–Crippen MR) is 78.6 cm³/mol. The summed E-state index contributed by atoms with van der Waals surface area (Å²) in [5, 5.41) is 8.32. The normalized spacial score (nSPS) is 27.2. The van der Waals surface area contributed by atoms with E-state index in [0.717, 1.165) is 17.9 Å². The molecule has 110 valence electrons. The third kappa shape index (κ3) is 2.21. The van der Waals surface area contributed by atoms with Crippen LogP contribution in [0, 0.1) is 0 Å². The molecule has 6 heteroatoms. The van der Waals surface area contributed by atoms with Crippen LogP contribution in [0.5, 0.6) is 5.75 Å². The lowest BCUT2D eigenvalue weighted by molar-refractivity contribution is 0.329. The number of rotatable bonds is 3. The zero-order valence-electron chi connectivity index (χ0n) is 11.7. The van der Waals surface area contributed by atoms with Crippen LogP contribution in [0.2, 0.25) is 5.02 Å². The van der Waals surface area contributed by atoms with Gasteiger partial charge in [0.05, 0.1) is 18.6 Å². The van der Waals surface area contributed by atoms with Crippen LogP contribution in [0.15, 0.2) is 22.7 Å². The van der Waals surface area contributed by atoms with Gasteiger partial charge in [0.15, 0.2) is 0 Å². The largest absolute Gasteiger partial charge is 0.496 e. The van der Waals surface area contributed by atoms with E-state index >= 15 is 0 Å². The zero-order valence-corrected chi connectivity index (χ0v) is 12.4. The van der Waals surface area contributed by atoms with Crippen molar-refractivity contribution in [2.75, 3.05) is 7.11 Å². The standard InChI is InChI=1S/C15H16ClN3O2/c1-20-13-6-8(16)2-4-10(13)14-18-15(21-19-14)11-7-9-3-5-12(11)17-9/h2,4,6,9,11-12,17H,3,5,7H2,1H3. The van der Waals surface area contributed by atoms with E-state index in [1.807, 2.05) is 6.07 Å². The van der Waals surface area contributed by atoms with Gasteiger partial charge in [-0.1, -0.05) is 16.8 Å². The Morgan fingerprint density at radius 2 is 2.29 bits per heavy atom. The summed E-state index contributed by atoms with van der Waals surface area (Å²) < 4.78 is 10.8. The third-order valence-electron chi connectivity index (χ3n) is 4.46. The third-order valence-corrected chi connectivity index (χ3v) is 4.70. The number of ether oxygens (including phenoxy) is 1. The van der Waals surface area contributed by atoms with Crippen LogP contribution >= 0.6 is 11.6 Å². The minimum Gasteiger partial charge on any atom is -0.496 e. The van der Waals surface area contributed by atoms with E-state index in [1.165, 1.54) is 12.8 Å². The highest BCUT2D eigenvalue weighted by Gasteiger charge is 2.42. The van der Waals surface area contributed by atoms with Crippen LogP contribution < -0.4 is 10.1 Å². The Morgan fingerprint density at radius 3 is 3.00 bits per heavy atom. The van der Waals surface area contributed by atoms with Crippen molar-refractivity contribution in [2.45, 2.75) is 37.3 Å². The van der Waals surface area contributed by atoms with Crippen LogP contribution in [-0.2, 0) is 0 Å². The highest BCUT2D eigenvalue weighted by Crippen LogP contribution is 2.40. The van der Waals surface area contributed by atoms with Gasteiger partial charge in [0.2, 0.25) is 11.7 Å². The number of hydrogen-bond donors (Lipinski definition) is 1. The molecule has 2 bridgehead atoms. The van der Waals surface area contributed by atoms with Gasteiger partial charge in [0.25, 0.3) is 0 Å². The number of benzene rings is 1. The second kappa shape index (κ2) is 5.00. The first-order valence-corrected chi connectivity index (χ1v) is 7.56. The molecule has 0 aliphatic carbocycles. The average Bonchev–Trinajstić information content (AvgIpc) is 3.22. The second-order valence-electron chi connectivity index (χ2n) is 5.69. The smallest absolute Gasteiger partial charge is 0.231 e. The molecule has 2 fully saturated rings. The number of hydrogen-bond acceptors (Lipinski definition) is 5. The van der Waals surface area contributed by atoms with Crippen molar-refractivity contribution in [3.63, 3.8) is 0 Å². The van der Waals surface area contributed by atoms with E-state index in [2.05, 4.69) is 15.5 Å². The maximum atomic E-state index is 5.98. The molecule has 1 aromatic carbocycles. The molecular weight excluding hydrogens is 290 g/mol. The Kier molecular flexibility index (Phi) is 3.12. The molecule has 5 nitrogen and oxygen atoms in total. The fourth-order valence-corrected chi connectivity index (χ4v) is 3.60. The van der Waals surface area contributed by atoms with E-state index in [-0.39, 0.29) is 0 Å². The molecule has 4 rings (SSSR count). The summed E-state index contributed by atoms with van der Waals surface area (Å²) in [5.74, 6) is 2.27. The van der Waals surface area contributed by atoms with Crippen molar-refractivity contribution < 1.29 is 9.26 Å². The van der Waals surface area contributed by atoms with Gasteiger partial charge in [-0.15, -0.1) is 0 Å². The molecule has 2 saturated heterocycles. The highest BCUT2D eigenvalue weighted by atomic mass is 35.5. The van der Waals surface area contributed by atoms with E-state index in [4.69, 9.17) is 20.9 Å². The van der Waals surface area contributed by atoms with Crippen molar-refractivity contribution in [2.24, 2.45) is 0 Å². The summed E-state index contributed by atoms with van der Waals surface area (Å²) in [5.41, 5.74) is 0.799. The molecule has 3 unspecified atom stereocenters. The Balaban J connectivity index is 1.65. The molecule has 2 aliphatic heterocycles. The van der Waals surface area contributed by atoms with E-state index in [0.29, 0.717) is 34.6 Å². The summed E-state index contributed by atoms with van der Waals surface area (Å²) in [6.45, 7) is 0. The minimum atomic E-state index is 0.336. The average molecular weight is 306 g/mol. The maximum absolute atomic E-state index is 5.98. The second-order valence-corrected chi connectivity index (χ2v) is 6.13. The summed E-state index contributed by atoms with van der Waals surface area (Å²) >= 11 is 5.98. The quantitative estimate of drug-likeness (QED) is 0.944. The lowest BCUT2D eigenvalue weighted by Gasteiger charge is -2.15. The first-order chi connectivity index (χ1) is 10.2. The monoisotopic (exact) mass is 305 g/mol. The number of nitrogens with zero attached hydrogens (tertiary/aromatic N) is 2. The van der Waals surface area contributed by atoms with Crippen LogP contribution in [0.1, 0.15) is 31.1 Å². The minimum absolute atomic E-state index is 0.336. The number of halogens is 1. The SMILES string of the molecule is COc1cc(Cl)ccc1-c1noc(C2CC3CCC2N3)n1. The Morgan fingerprint density at radius 1 is 1.38 bits per heavy atom. The van der Waals surface area contributed by atoms with Crippen molar-refractivity contribution in [1.82, 2.24) is 15.5 Å². The Hall–Kier alpha value is -1.59. The van der Waals surface area contributed by atoms with Gasteiger partial charge in [-0.2, -0.15) is 4.98 Å². The molecule has 3 heterocycles. The van der Waals surface area contributed by atoms with Crippen LogP contribution in [0.3, 0.4) is 0 Å². The Bertz CT molecular complexity index is 673. The first-order valence-electron chi connectivity index (χ1n) is 7.18. The molecule has 0 spiro atoms. The maximum Gasteiger partial charge on any atom is 0.231 e. The van der Waals surface area contributed by atoms with Crippen LogP contribution in [0.25, 0.3) is 11.4 Å². The summed E-state index contributed by atoms with van der Waals surface area (Å²) in [7, 11) is 1.61. The Labute approximate surface area is 127 Å². The van der Waals surface area contributed by atoms with Crippen molar-refractivity contribution in [3.05, 3.63) is 29.1 Å². The molecule has 3 atom stereocenters. The molecule has 2 aromatic rings. The highest BCUT2D eigenvalue weighted by molar-refractivity contribution is 6.30. The molecule has 2 aliphatic rings. The fraction of sp³-hybridized carbons (Fsp3) is 0.467. The summed E-state index contributed by atoms with van der Waals surface area (Å²) in [6, 6.07) is 6.51. The zero-order chi connectivity index (χ0) is 14.4. The molecule has 0 radical (unpaired) electrons. The molecule has 21 heavy (non-hydrogen) atoms. The van der Waals surface area contributed by atoms with Gasteiger partial charge in [-0.3, -0.25) is 0 Å². The van der Waals surface area contributed by atoms with Gasteiger partial charge < -0.3 is 14.6 Å². The van der Waals surface area contributed by atoms with Gasteiger partial charge in [-0.05, 0) is 37.5 Å². The van der Waals surface area contributed by atoms with E-state index in [9.17, 15) is 0 Å². The van der Waals surface area contributed by atoms with Crippen molar-refractivity contribution in [1.29, 1.82) is 0 Å². The molecule has 1 N–H and O–H groups in total. The molecule has 0 amide bonds. The number of fused-ring (bicyclic) bond motifs is 2. The van der Waals surface area contributed by atoms with E-state index < -0.39 is 0 Å². The van der Waals surface area contributed by atoms with Crippen LogP contribution in [-0.4, -0.2) is 29.3 Å². The number of aromatic nitrogens is 2. The van der Waals surface area contributed by atoms with E-state index in [1.54, 1.807) is 19.2 Å². The first kappa shape index (κ1) is 13.1. The van der Waals surface area contributed by atoms with Crippen molar-refractivity contribution in [3.8, 4) is 17.1 Å². The molecular formula is C15H16ClN3O2. The molecule has 1 aromatic heterocycles. The van der Waals surface area contributed by atoms with Gasteiger partial charge in [0.1, 0.15) is 5.75 Å². The van der Waals surface area contributed by atoms with Gasteiger partial charge >= 0.3 is 0 Å². The van der Waals surface area contributed by atoms with Crippen LogP contribution in [0.4, 0.5) is 0 Å². The topological polar surface area (TPSA) is 60.2 Å². The molecule has 0 saturated carbocycles. The lowest BCUT2D eigenvalue weighted by atomic mass is 9.89. The van der Waals surface area contributed by atoms with Gasteiger partial charge in [-0.25, -0.2) is 0 Å². The predicted octanol–water partition coefficient (Wildman–Crippen LogP) is 3.01. The van der Waals surface area contributed by atoms with Gasteiger partial charge in [0, 0.05) is 17.1 Å². The number of nitrogens with one attached hydrogen (secondary N) is 1. The van der Waals surface area contributed by atoms with Crippen molar-refractivity contribution >= 4 is 11.6 Å². The number of methoxy groups -OCH3 is 1. The summed E-state index contributed by atoms with van der Waals surface area (Å²) in [6.07, 6.45) is 3.54.